The number of rotatable bonds is 3. The summed E-state index contributed by atoms with van der Waals surface area (Å²) in [5, 5.41) is 0. The van der Waals surface area contributed by atoms with Crippen LogP contribution in [0.4, 0.5) is 0 Å². The van der Waals surface area contributed by atoms with Gasteiger partial charge in [0.2, 0.25) is 0 Å². The quantitative estimate of drug-likeness (QED) is 0.710. The SMILES string of the molecule is CC1CC(O[SiH3])CC(C)(O[Si](C)(C)C)C1. The maximum Gasteiger partial charge on any atom is 0.184 e. The molecule has 0 saturated heterocycles. The Labute approximate surface area is 98.4 Å². The summed E-state index contributed by atoms with van der Waals surface area (Å²) in [4.78, 5) is 0. The maximum absolute atomic E-state index is 6.34. The minimum atomic E-state index is -1.43. The summed E-state index contributed by atoms with van der Waals surface area (Å²) >= 11 is 0. The third-order valence-electron chi connectivity index (χ3n) is 2.99. The Balaban J connectivity index is 2.66. The molecule has 0 aromatic rings. The molecule has 1 fully saturated rings. The van der Waals surface area contributed by atoms with Crippen molar-refractivity contribution in [1.29, 1.82) is 0 Å². The summed E-state index contributed by atoms with van der Waals surface area (Å²) in [6.45, 7) is 11.4. The second kappa shape index (κ2) is 4.69. The van der Waals surface area contributed by atoms with Crippen molar-refractivity contribution in [3.63, 3.8) is 0 Å². The van der Waals surface area contributed by atoms with E-state index >= 15 is 0 Å². The van der Waals surface area contributed by atoms with Crippen LogP contribution in [0, 0.1) is 5.92 Å². The molecule has 90 valence electrons. The summed E-state index contributed by atoms with van der Waals surface area (Å²) in [7, 11) is -0.585. The van der Waals surface area contributed by atoms with E-state index in [9.17, 15) is 0 Å². The molecule has 3 unspecified atom stereocenters. The number of hydrogen-bond acceptors (Lipinski definition) is 2. The predicted molar refractivity (Wildman–Crippen MR) is 70.7 cm³/mol. The van der Waals surface area contributed by atoms with E-state index in [1.165, 1.54) is 12.8 Å². The highest BCUT2D eigenvalue weighted by Gasteiger charge is 2.39. The van der Waals surface area contributed by atoms with E-state index in [1.807, 2.05) is 0 Å². The summed E-state index contributed by atoms with van der Waals surface area (Å²) < 4.78 is 12.0. The highest BCUT2D eigenvalue weighted by molar-refractivity contribution is 6.69. The third-order valence-corrected chi connectivity index (χ3v) is 4.76. The molecule has 0 aromatic carbocycles. The molecule has 0 aliphatic heterocycles. The van der Waals surface area contributed by atoms with E-state index in [-0.39, 0.29) is 5.60 Å². The summed E-state index contributed by atoms with van der Waals surface area (Å²) in [5.74, 6) is 0.735. The molecule has 0 N–H and O–H groups in total. The smallest absolute Gasteiger partial charge is 0.184 e. The molecule has 15 heavy (non-hydrogen) atoms. The van der Waals surface area contributed by atoms with Gasteiger partial charge in [-0.1, -0.05) is 6.92 Å². The van der Waals surface area contributed by atoms with E-state index < -0.39 is 8.32 Å². The van der Waals surface area contributed by atoms with E-state index in [1.54, 1.807) is 0 Å². The molecule has 1 saturated carbocycles. The van der Waals surface area contributed by atoms with Crippen LogP contribution in [0.3, 0.4) is 0 Å². The zero-order valence-electron chi connectivity index (χ0n) is 11.1. The standard InChI is InChI=1S/C11H26O2Si2/c1-9-6-10(12-14)8-11(2,7-9)13-15(3,4)5/h9-10H,6-8H2,1-5,14H3. The Morgan fingerprint density at radius 3 is 2.33 bits per heavy atom. The first-order valence-corrected chi connectivity index (χ1v) is 10.2. The maximum atomic E-state index is 6.34. The lowest BCUT2D eigenvalue weighted by molar-refractivity contribution is -0.0267. The second-order valence-electron chi connectivity index (χ2n) is 6.27. The van der Waals surface area contributed by atoms with Gasteiger partial charge in [0.05, 0.1) is 5.60 Å². The minimum Gasteiger partial charge on any atom is -0.425 e. The average Bonchev–Trinajstić information content (AvgIpc) is 1.97. The van der Waals surface area contributed by atoms with E-state index in [4.69, 9.17) is 8.85 Å². The van der Waals surface area contributed by atoms with Gasteiger partial charge in [-0.05, 0) is 51.7 Å². The van der Waals surface area contributed by atoms with Crippen LogP contribution in [0.15, 0.2) is 0 Å². The van der Waals surface area contributed by atoms with Gasteiger partial charge in [0, 0.05) is 6.10 Å². The molecular weight excluding hydrogens is 220 g/mol. The normalized spacial score (nSPS) is 38.2. The van der Waals surface area contributed by atoms with Gasteiger partial charge in [-0.3, -0.25) is 0 Å². The monoisotopic (exact) mass is 246 g/mol. The van der Waals surface area contributed by atoms with Gasteiger partial charge in [-0.2, -0.15) is 0 Å². The molecule has 2 nitrogen and oxygen atoms in total. The van der Waals surface area contributed by atoms with Crippen LogP contribution < -0.4 is 0 Å². The molecule has 1 aliphatic rings. The van der Waals surface area contributed by atoms with Crippen molar-refractivity contribution in [2.45, 2.75) is 64.5 Å². The van der Waals surface area contributed by atoms with Gasteiger partial charge in [-0.25, -0.2) is 0 Å². The highest BCUT2D eigenvalue weighted by Crippen LogP contribution is 2.37. The molecule has 0 bridgehead atoms. The highest BCUT2D eigenvalue weighted by atomic mass is 28.4. The zero-order valence-corrected chi connectivity index (χ0v) is 14.1. The van der Waals surface area contributed by atoms with Gasteiger partial charge in [0.15, 0.2) is 8.32 Å². The molecule has 0 amide bonds. The fraction of sp³-hybridized carbons (Fsp3) is 1.00. The Morgan fingerprint density at radius 2 is 1.87 bits per heavy atom. The molecule has 4 heteroatoms. The van der Waals surface area contributed by atoms with Crippen LogP contribution in [0.5, 0.6) is 0 Å². The zero-order chi connectivity index (χ0) is 11.7. The van der Waals surface area contributed by atoms with Crippen LogP contribution in [0.25, 0.3) is 0 Å². The van der Waals surface area contributed by atoms with Gasteiger partial charge in [-0.15, -0.1) is 0 Å². The summed E-state index contributed by atoms with van der Waals surface area (Å²) in [5.41, 5.74) is 0.0667. The number of hydrogen-bond donors (Lipinski definition) is 0. The molecule has 0 heterocycles. The summed E-state index contributed by atoms with van der Waals surface area (Å²) in [6, 6.07) is 0. The fourth-order valence-electron chi connectivity index (χ4n) is 2.92. The van der Waals surface area contributed by atoms with Crippen molar-refractivity contribution in [3.8, 4) is 0 Å². The molecule has 1 aliphatic carbocycles. The first-order chi connectivity index (χ1) is 6.74. The lowest BCUT2D eigenvalue weighted by Crippen LogP contribution is -2.47. The Morgan fingerprint density at radius 1 is 1.27 bits per heavy atom. The van der Waals surface area contributed by atoms with Crippen molar-refractivity contribution >= 4 is 18.8 Å². The van der Waals surface area contributed by atoms with Crippen LogP contribution >= 0.6 is 0 Å². The largest absolute Gasteiger partial charge is 0.425 e. The molecular formula is C11H26O2Si2. The summed E-state index contributed by atoms with van der Waals surface area (Å²) in [6.07, 6.45) is 3.94. The van der Waals surface area contributed by atoms with Gasteiger partial charge >= 0.3 is 0 Å². The van der Waals surface area contributed by atoms with Crippen molar-refractivity contribution < 1.29 is 8.85 Å². The minimum absolute atomic E-state index is 0.0667. The first kappa shape index (κ1) is 13.4. The van der Waals surface area contributed by atoms with Crippen LogP contribution in [-0.4, -0.2) is 30.5 Å². The third kappa shape index (κ3) is 4.38. The fourth-order valence-corrected chi connectivity index (χ4v) is 4.92. The van der Waals surface area contributed by atoms with Crippen molar-refractivity contribution in [2.75, 3.05) is 0 Å². The lowest BCUT2D eigenvalue weighted by atomic mass is 9.78. The lowest BCUT2D eigenvalue weighted by Gasteiger charge is -2.44. The van der Waals surface area contributed by atoms with Gasteiger partial charge in [0.1, 0.15) is 10.5 Å². The average molecular weight is 246 g/mol. The van der Waals surface area contributed by atoms with E-state index in [0.717, 1.165) is 22.8 Å². The molecule has 0 aromatic heterocycles. The second-order valence-corrected chi connectivity index (χ2v) is 11.2. The van der Waals surface area contributed by atoms with Crippen LogP contribution in [-0.2, 0) is 8.85 Å². The Bertz CT molecular complexity index is 215. The van der Waals surface area contributed by atoms with E-state index in [2.05, 4.69) is 33.5 Å². The predicted octanol–water partition coefficient (Wildman–Crippen LogP) is 2.08. The molecule has 0 spiro atoms. The van der Waals surface area contributed by atoms with Crippen LogP contribution in [0.1, 0.15) is 33.1 Å². The van der Waals surface area contributed by atoms with Gasteiger partial charge < -0.3 is 8.85 Å². The first-order valence-electron chi connectivity index (χ1n) is 5.97. The Kier molecular flexibility index (Phi) is 4.20. The van der Waals surface area contributed by atoms with E-state index in [0.29, 0.717) is 6.10 Å². The van der Waals surface area contributed by atoms with Crippen LogP contribution in [0.2, 0.25) is 19.6 Å². The van der Waals surface area contributed by atoms with Crippen molar-refractivity contribution in [2.24, 2.45) is 5.92 Å². The molecule has 1 rings (SSSR count). The molecule has 0 radical (unpaired) electrons. The van der Waals surface area contributed by atoms with Crippen molar-refractivity contribution in [1.82, 2.24) is 0 Å². The topological polar surface area (TPSA) is 18.5 Å². The van der Waals surface area contributed by atoms with Crippen molar-refractivity contribution in [3.05, 3.63) is 0 Å². The Hall–Kier alpha value is 0.354. The van der Waals surface area contributed by atoms with Gasteiger partial charge in [0.25, 0.3) is 0 Å². The molecule has 3 atom stereocenters.